The van der Waals surface area contributed by atoms with Crippen molar-refractivity contribution in [1.82, 2.24) is 10.2 Å². The summed E-state index contributed by atoms with van der Waals surface area (Å²) in [5.41, 5.74) is 3.94. The van der Waals surface area contributed by atoms with Gasteiger partial charge in [0.2, 0.25) is 11.8 Å². The number of amides is 2. The van der Waals surface area contributed by atoms with E-state index in [1.54, 1.807) is 12.0 Å². The highest BCUT2D eigenvalue weighted by molar-refractivity contribution is 5.88. The minimum absolute atomic E-state index is 0.0530. The van der Waals surface area contributed by atoms with Crippen molar-refractivity contribution in [1.29, 1.82) is 0 Å². The van der Waals surface area contributed by atoms with Crippen LogP contribution >= 0.6 is 0 Å². The SMILES string of the molecule is COc1cccc(CN(C(=O)CCc2ccc(C(C)(C)C)cc2)[C@H](Cc2ccccc2)C(=O)NC(C)(C)C)c1. The van der Waals surface area contributed by atoms with Gasteiger partial charge in [-0.25, -0.2) is 0 Å². The Labute approximate surface area is 234 Å². The molecular formula is C34H44N2O3. The quantitative estimate of drug-likeness (QED) is 0.328. The molecule has 0 radical (unpaired) electrons. The summed E-state index contributed by atoms with van der Waals surface area (Å²) in [7, 11) is 1.63. The van der Waals surface area contributed by atoms with Crippen molar-refractivity contribution in [2.75, 3.05) is 7.11 Å². The van der Waals surface area contributed by atoms with E-state index in [0.717, 1.165) is 22.4 Å². The maximum atomic E-state index is 13.9. The van der Waals surface area contributed by atoms with Crippen molar-refractivity contribution in [3.8, 4) is 5.75 Å². The molecule has 0 aliphatic carbocycles. The highest BCUT2D eigenvalue weighted by Gasteiger charge is 2.32. The van der Waals surface area contributed by atoms with Crippen LogP contribution in [0.1, 0.15) is 70.2 Å². The molecule has 0 aromatic heterocycles. The first-order valence-corrected chi connectivity index (χ1v) is 13.7. The standard InChI is InChI=1S/C34H44N2O3/c1-33(2,3)28-19-16-25(17-20-28)18-21-31(37)36(24-27-14-11-15-29(22-27)39-7)30(32(38)35-34(4,5)6)23-26-12-9-8-10-13-26/h8-17,19-20,22,30H,18,21,23-24H2,1-7H3,(H,35,38)/t30-/m1/s1. The molecule has 5 heteroatoms. The zero-order valence-electron chi connectivity index (χ0n) is 24.6. The molecule has 0 saturated heterocycles. The van der Waals surface area contributed by atoms with Gasteiger partial charge in [-0.3, -0.25) is 9.59 Å². The number of hydrogen-bond acceptors (Lipinski definition) is 3. The van der Waals surface area contributed by atoms with Gasteiger partial charge >= 0.3 is 0 Å². The van der Waals surface area contributed by atoms with E-state index in [0.29, 0.717) is 25.8 Å². The molecule has 3 aromatic rings. The second kappa shape index (κ2) is 13.0. The Hall–Kier alpha value is -3.60. The van der Waals surface area contributed by atoms with E-state index in [4.69, 9.17) is 4.74 Å². The summed E-state index contributed by atoms with van der Waals surface area (Å²) in [4.78, 5) is 29.4. The van der Waals surface area contributed by atoms with Crippen LogP contribution < -0.4 is 10.1 Å². The van der Waals surface area contributed by atoms with Crippen LogP contribution in [0.3, 0.4) is 0 Å². The van der Waals surface area contributed by atoms with E-state index in [1.807, 2.05) is 75.4 Å². The Bertz CT molecular complexity index is 1220. The number of carbonyl (C=O) groups is 2. The van der Waals surface area contributed by atoms with Gasteiger partial charge in [0.15, 0.2) is 0 Å². The van der Waals surface area contributed by atoms with Gasteiger partial charge in [-0.2, -0.15) is 0 Å². The topological polar surface area (TPSA) is 58.6 Å². The molecular weight excluding hydrogens is 484 g/mol. The number of nitrogens with zero attached hydrogens (tertiary/aromatic N) is 1. The van der Waals surface area contributed by atoms with Crippen molar-refractivity contribution >= 4 is 11.8 Å². The molecule has 0 fully saturated rings. The molecule has 0 bridgehead atoms. The summed E-state index contributed by atoms with van der Waals surface area (Å²) >= 11 is 0. The molecule has 0 unspecified atom stereocenters. The number of nitrogens with one attached hydrogen (secondary N) is 1. The molecule has 5 nitrogen and oxygen atoms in total. The number of benzene rings is 3. The minimum Gasteiger partial charge on any atom is -0.497 e. The van der Waals surface area contributed by atoms with Gasteiger partial charge in [0.25, 0.3) is 0 Å². The fourth-order valence-electron chi connectivity index (χ4n) is 4.54. The van der Waals surface area contributed by atoms with Crippen LogP contribution in [0, 0.1) is 0 Å². The Morgan fingerprint density at radius 1 is 0.821 bits per heavy atom. The summed E-state index contributed by atoms with van der Waals surface area (Å²) in [5, 5.41) is 3.12. The first-order valence-electron chi connectivity index (χ1n) is 13.7. The third-order valence-electron chi connectivity index (χ3n) is 6.70. The first kappa shape index (κ1) is 29.9. The summed E-state index contributed by atoms with van der Waals surface area (Å²) in [6.45, 7) is 12.8. The number of ether oxygens (including phenoxy) is 1. The minimum atomic E-state index is -0.659. The molecule has 0 aliphatic heterocycles. The largest absolute Gasteiger partial charge is 0.497 e. The van der Waals surface area contributed by atoms with Crippen molar-refractivity contribution in [2.24, 2.45) is 0 Å². The lowest BCUT2D eigenvalue weighted by Gasteiger charge is -2.34. The average molecular weight is 529 g/mol. The van der Waals surface area contributed by atoms with Gasteiger partial charge in [-0.15, -0.1) is 0 Å². The van der Waals surface area contributed by atoms with E-state index in [1.165, 1.54) is 5.56 Å². The van der Waals surface area contributed by atoms with Gasteiger partial charge in [0.1, 0.15) is 11.8 Å². The lowest BCUT2D eigenvalue weighted by Crippen LogP contribution is -2.54. The van der Waals surface area contributed by atoms with E-state index in [-0.39, 0.29) is 17.2 Å². The molecule has 39 heavy (non-hydrogen) atoms. The fourth-order valence-corrected chi connectivity index (χ4v) is 4.54. The Kier molecular flexibility index (Phi) is 9.96. The Balaban J connectivity index is 1.92. The Morgan fingerprint density at radius 2 is 1.46 bits per heavy atom. The molecule has 3 aromatic carbocycles. The van der Waals surface area contributed by atoms with Crippen LogP contribution in [0.25, 0.3) is 0 Å². The van der Waals surface area contributed by atoms with Crippen molar-refractivity contribution in [3.63, 3.8) is 0 Å². The number of carbonyl (C=O) groups excluding carboxylic acids is 2. The monoisotopic (exact) mass is 528 g/mol. The number of hydrogen-bond donors (Lipinski definition) is 1. The smallest absolute Gasteiger partial charge is 0.243 e. The summed E-state index contributed by atoms with van der Waals surface area (Å²) in [5.74, 6) is 0.512. The van der Waals surface area contributed by atoms with E-state index < -0.39 is 11.6 Å². The van der Waals surface area contributed by atoms with Crippen LogP contribution in [0.5, 0.6) is 5.75 Å². The van der Waals surface area contributed by atoms with Gasteiger partial charge in [0, 0.05) is 24.9 Å². The second-order valence-electron chi connectivity index (χ2n) is 12.3. The predicted octanol–water partition coefficient (Wildman–Crippen LogP) is 6.48. The van der Waals surface area contributed by atoms with Crippen molar-refractivity contribution in [2.45, 2.75) is 84.3 Å². The third-order valence-corrected chi connectivity index (χ3v) is 6.70. The highest BCUT2D eigenvalue weighted by Crippen LogP contribution is 2.23. The number of aryl methyl sites for hydroxylation is 1. The number of methoxy groups -OCH3 is 1. The third kappa shape index (κ3) is 9.27. The van der Waals surface area contributed by atoms with Crippen LogP contribution in [-0.2, 0) is 34.4 Å². The maximum Gasteiger partial charge on any atom is 0.243 e. The van der Waals surface area contributed by atoms with Gasteiger partial charge in [0.05, 0.1) is 7.11 Å². The molecule has 0 heterocycles. The molecule has 0 spiro atoms. The van der Waals surface area contributed by atoms with Gasteiger partial charge < -0.3 is 15.0 Å². The molecule has 1 N–H and O–H groups in total. The van der Waals surface area contributed by atoms with Crippen LogP contribution in [-0.4, -0.2) is 35.4 Å². The van der Waals surface area contributed by atoms with Crippen LogP contribution in [0.4, 0.5) is 0 Å². The van der Waals surface area contributed by atoms with Gasteiger partial charge in [-0.1, -0.05) is 87.5 Å². The molecule has 2 amide bonds. The molecule has 1 atom stereocenters. The first-order chi connectivity index (χ1) is 18.4. The lowest BCUT2D eigenvalue weighted by atomic mass is 9.86. The molecule has 0 saturated carbocycles. The summed E-state index contributed by atoms with van der Waals surface area (Å²) < 4.78 is 5.42. The molecule has 208 valence electrons. The number of rotatable bonds is 10. The van der Waals surface area contributed by atoms with Crippen LogP contribution in [0.2, 0.25) is 0 Å². The normalized spacial score (nSPS) is 12.5. The lowest BCUT2D eigenvalue weighted by molar-refractivity contribution is -0.141. The molecule has 0 aliphatic rings. The van der Waals surface area contributed by atoms with E-state index in [2.05, 4.69) is 50.4 Å². The summed E-state index contributed by atoms with van der Waals surface area (Å²) in [6.07, 6.45) is 1.35. The average Bonchev–Trinajstić information content (AvgIpc) is 2.88. The Morgan fingerprint density at radius 3 is 2.05 bits per heavy atom. The van der Waals surface area contributed by atoms with Gasteiger partial charge in [-0.05, 0) is 67.0 Å². The predicted molar refractivity (Wildman–Crippen MR) is 159 cm³/mol. The zero-order valence-corrected chi connectivity index (χ0v) is 24.6. The molecule has 3 rings (SSSR count). The summed E-state index contributed by atoms with van der Waals surface area (Å²) in [6, 6.07) is 25.4. The fraction of sp³-hybridized carbons (Fsp3) is 0.412. The van der Waals surface area contributed by atoms with Crippen molar-refractivity contribution in [3.05, 3.63) is 101 Å². The van der Waals surface area contributed by atoms with Crippen LogP contribution in [0.15, 0.2) is 78.9 Å². The van der Waals surface area contributed by atoms with E-state index in [9.17, 15) is 9.59 Å². The van der Waals surface area contributed by atoms with E-state index >= 15 is 0 Å². The second-order valence-corrected chi connectivity index (χ2v) is 12.3. The van der Waals surface area contributed by atoms with Crippen molar-refractivity contribution < 1.29 is 14.3 Å². The highest BCUT2D eigenvalue weighted by atomic mass is 16.5. The zero-order chi connectivity index (χ0) is 28.6. The maximum absolute atomic E-state index is 13.9.